The maximum Gasteiger partial charge on any atom is 0.326 e. The number of nitrogens with zero attached hydrogens (tertiary/aromatic N) is 1. The molecule has 7 nitrogen and oxygen atoms in total. The van der Waals surface area contributed by atoms with Crippen LogP contribution in [0.3, 0.4) is 0 Å². The fourth-order valence-electron chi connectivity index (χ4n) is 5.08. The molecule has 4 rings (SSSR count). The van der Waals surface area contributed by atoms with E-state index in [2.05, 4.69) is 5.32 Å². The van der Waals surface area contributed by atoms with Crippen LogP contribution in [0.4, 0.5) is 10.1 Å². The Balaban J connectivity index is 1.88. The molecule has 178 valence electrons. The first kappa shape index (κ1) is 24.1. The predicted molar refractivity (Wildman–Crippen MR) is 126 cm³/mol. The molecular formula is C25H25FN2O5S. The van der Waals surface area contributed by atoms with Crippen molar-refractivity contribution < 1.29 is 28.3 Å². The zero-order valence-corrected chi connectivity index (χ0v) is 19.9. The molecule has 0 aliphatic carbocycles. The van der Waals surface area contributed by atoms with E-state index in [4.69, 9.17) is 4.74 Å². The predicted octanol–water partition coefficient (Wildman–Crippen LogP) is 3.14. The van der Waals surface area contributed by atoms with E-state index in [1.54, 1.807) is 30.3 Å². The Bertz CT molecular complexity index is 1170. The molecule has 34 heavy (non-hydrogen) atoms. The van der Waals surface area contributed by atoms with Crippen molar-refractivity contribution in [3.05, 3.63) is 65.5 Å². The highest BCUT2D eigenvalue weighted by atomic mass is 32.2. The van der Waals surface area contributed by atoms with Gasteiger partial charge in [-0.05, 0) is 43.6 Å². The molecule has 2 aliphatic rings. The van der Waals surface area contributed by atoms with Gasteiger partial charge in [-0.3, -0.25) is 24.5 Å². The van der Waals surface area contributed by atoms with Crippen molar-refractivity contribution in [2.45, 2.75) is 24.9 Å². The number of thioether (sulfide) groups is 1. The van der Waals surface area contributed by atoms with E-state index in [0.29, 0.717) is 11.3 Å². The first-order valence-electron chi connectivity index (χ1n) is 10.8. The summed E-state index contributed by atoms with van der Waals surface area (Å²) in [6.07, 6.45) is 2.08. The zero-order chi connectivity index (χ0) is 24.6. The van der Waals surface area contributed by atoms with Gasteiger partial charge in [0.05, 0.1) is 24.6 Å². The number of rotatable bonds is 7. The number of ketones is 1. The number of carbonyl (C=O) groups excluding carboxylic acids is 4. The normalized spacial score (nSPS) is 26.0. The molecule has 2 amide bonds. The van der Waals surface area contributed by atoms with E-state index in [-0.39, 0.29) is 23.5 Å². The second-order valence-corrected chi connectivity index (χ2v) is 9.46. The molecule has 0 saturated carbocycles. The number of nitrogens with one attached hydrogen (secondary N) is 1. The molecule has 0 spiro atoms. The van der Waals surface area contributed by atoms with E-state index in [1.807, 2.05) is 6.26 Å². The number of imide groups is 1. The lowest BCUT2D eigenvalue weighted by Gasteiger charge is -2.32. The Hall–Kier alpha value is -3.04. The largest absolute Gasteiger partial charge is 0.468 e. The van der Waals surface area contributed by atoms with Crippen LogP contribution in [0.1, 0.15) is 35.3 Å². The first-order chi connectivity index (χ1) is 16.3. The standard InChI is InChI=1S/C25H25FN2O5S/c1-14(29)15-7-6-8-16(13-15)28-22(30)19-20(23(28)31)25(11-12-34-3,24(32)33-2)27-21(19)17-9-4-5-10-18(17)26/h4-10,13,19-21,27H,11-12H2,1-3H3/t19-,20-,21+,25+/m0/s1. The van der Waals surface area contributed by atoms with Gasteiger partial charge in [-0.1, -0.05) is 30.3 Å². The van der Waals surface area contributed by atoms with Gasteiger partial charge in [0.15, 0.2) is 5.78 Å². The molecular weight excluding hydrogens is 459 g/mol. The van der Waals surface area contributed by atoms with Gasteiger partial charge in [-0.2, -0.15) is 11.8 Å². The lowest BCUT2D eigenvalue weighted by molar-refractivity contribution is -0.152. The van der Waals surface area contributed by atoms with Crippen molar-refractivity contribution in [2.75, 3.05) is 24.0 Å². The number of methoxy groups -OCH3 is 1. The Labute approximate surface area is 201 Å². The van der Waals surface area contributed by atoms with Crippen LogP contribution in [0.25, 0.3) is 0 Å². The third-order valence-corrected chi connectivity index (χ3v) is 7.27. The monoisotopic (exact) mass is 484 g/mol. The van der Waals surface area contributed by atoms with Gasteiger partial charge in [0.2, 0.25) is 11.8 Å². The van der Waals surface area contributed by atoms with E-state index in [0.717, 1.165) is 4.90 Å². The molecule has 0 unspecified atom stereocenters. The minimum Gasteiger partial charge on any atom is -0.468 e. The number of ether oxygens (including phenoxy) is 1. The minimum atomic E-state index is -1.50. The van der Waals surface area contributed by atoms with Gasteiger partial charge in [0, 0.05) is 17.2 Å². The summed E-state index contributed by atoms with van der Waals surface area (Å²) < 4.78 is 20.0. The number of esters is 1. The van der Waals surface area contributed by atoms with Crippen LogP contribution >= 0.6 is 11.8 Å². The number of fused-ring (bicyclic) bond motifs is 1. The smallest absolute Gasteiger partial charge is 0.326 e. The molecule has 0 bridgehead atoms. The van der Waals surface area contributed by atoms with Crippen LogP contribution in [0.2, 0.25) is 0 Å². The van der Waals surface area contributed by atoms with Crippen LogP contribution < -0.4 is 10.2 Å². The fourth-order valence-corrected chi connectivity index (χ4v) is 5.61. The maximum absolute atomic E-state index is 14.9. The highest BCUT2D eigenvalue weighted by molar-refractivity contribution is 7.98. The molecule has 2 heterocycles. The van der Waals surface area contributed by atoms with Crippen molar-refractivity contribution in [1.82, 2.24) is 5.32 Å². The molecule has 1 N–H and O–H groups in total. The van der Waals surface area contributed by atoms with Crippen molar-refractivity contribution in [1.29, 1.82) is 0 Å². The summed E-state index contributed by atoms with van der Waals surface area (Å²) in [7, 11) is 1.23. The highest BCUT2D eigenvalue weighted by Crippen LogP contribution is 2.51. The lowest BCUT2D eigenvalue weighted by atomic mass is 9.78. The summed E-state index contributed by atoms with van der Waals surface area (Å²) in [4.78, 5) is 53.6. The summed E-state index contributed by atoms with van der Waals surface area (Å²) in [6, 6.07) is 11.3. The second-order valence-electron chi connectivity index (χ2n) is 8.47. The molecule has 2 aromatic rings. The van der Waals surface area contributed by atoms with E-state index in [1.165, 1.54) is 44.0 Å². The van der Waals surface area contributed by atoms with Gasteiger partial charge < -0.3 is 4.74 Å². The number of halogens is 1. The second kappa shape index (κ2) is 9.31. The summed E-state index contributed by atoms with van der Waals surface area (Å²) >= 11 is 1.48. The SMILES string of the molecule is COC(=O)[C@]1(CCSC)N[C@H](c2ccccc2F)[C@H]2C(=O)N(c3cccc(C(C)=O)c3)C(=O)[C@H]21. The van der Waals surface area contributed by atoms with Gasteiger partial charge >= 0.3 is 5.97 Å². The number of hydrogen-bond donors (Lipinski definition) is 1. The van der Waals surface area contributed by atoms with Crippen LogP contribution in [0.5, 0.6) is 0 Å². The Morgan fingerprint density at radius 2 is 1.88 bits per heavy atom. The van der Waals surface area contributed by atoms with Gasteiger partial charge in [0.25, 0.3) is 0 Å². The van der Waals surface area contributed by atoms with E-state index < -0.39 is 47.0 Å². The molecule has 0 aromatic heterocycles. The Morgan fingerprint density at radius 1 is 1.15 bits per heavy atom. The number of anilines is 1. The quantitative estimate of drug-likeness (QED) is 0.367. The summed E-state index contributed by atoms with van der Waals surface area (Å²) in [5.74, 6) is -4.15. The number of hydrogen-bond acceptors (Lipinski definition) is 7. The number of Topliss-reactive ketones (excluding diaryl/α,β-unsaturated/α-hetero) is 1. The van der Waals surface area contributed by atoms with Gasteiger partial charge in [-0.25, -0.2) is 9.29 Å². The van der Waals surface area contributed by atoms with Crippen molar-refractivity contribution in [2.24, 2.45) is 11.8 Å². The summed E-state index contributed by atoms with van der Waals surface area (Å²) in [6.45, 7) is 1.39. The average molecular weight is 485 g/mol. The van der Waals surface area contributed by atoms with Crippen LogP contribution in [-0.2, 0) is 19.1 Å². The number of amides is 2. The summed E-state index contributed by atoms with van der Waals surface area (Å²) in [5.41, 5.74) is -0.712. The molecule has 4 atom stereocenters. The number of benzene rings is 2. The maximum atomic E-state index is 14.9. The third kappa shape index (κ3) is 3.73. The first-order valence-corrected chi connectivity index (χ1v) is 12.2. The molecule has 0 radical (unpaired) electrons. The highest BCUT2D eigenvalue weighted by Gasteiger charge is 2.68. The van der Waals surface area contributed by atoms with Crippen molar-refractivity contribution in [3.8, 4) is 0 Å². The fraction of sp³-hybridized carbons (Fsp3) is 0.360. The third-order valence-electron chi connectivity index (χ3n) is 6.66. The molecule has 2 fully saturated rings. The van der Waals surface area contributed by atoms with Crippen LogP contribution in [0, 0.1) is 17.7 Å². The van der Waals surface area contributed by atoms with Crippen LogP contribution in [0.15, 0.2) is 48.5 Å². The minimum absolute atomic E-state index is 0.202. The molecule has 2 aromatic carbocycles. The Morgan fingerprint density at radius 3 is 2.53 bits per heavy atom. The molecule has 9 heteroatoms. The van der Waals surface area contributed by atoms with E-state index in [9.17, 15) is 23.6 Å². The van der Waals surface area contributed by atoms with E-state index >= 15 is 0 Å². The lowest BCUT2D eigenvalue weighted by Crippen LogP contribution is -2.56. The molecule has 2 saturated heterocycles. The zero-order valence-electron chi connectivity index (χ0n) is 19.0. The topological polar surface area (TPSA) is 92.8 Å². The number of carbonyl (C=O) groups is 4. The van der Waals surface area contributed by atoms with Gasteiger partial charge in [-0.15, -0.1) is 0 Å². The summed E-state index contributed by atoms with van der Waals surface area (Å²) in [5, 5.41) is 3.16. The molecule has 2 aliphatic heterocycles. The van der Waals surface area contributed by atoms with Crippen LogP contribution in [-0.4, -0.2) is 48.2 Å². The Kier molecular flexibility index (Phi) is 6.60. The average Bonchev–Trinajstić information content (AvgIpc) is 3.31. The van der Waals surface area contributed by atoms with Crippen molar-refractivity contribution >= 4 is 41.0 Å². The van der Waals surface area contributed by atoms with Crippen molar-refractivity contribution in [3.63, 3.8) is 0 Å². The van der Waals surface area contributed by atoms with Gasteiger partial charge in [0.1, 0.15) is 11.4 Å².